The SMILES string of the molecule is CC(=O)N1C[C@H]2CN(C(=O)Cc3ccc(C)cc3)CC[C@@]2(c2n[nH]c(C)n2)C1. The predicted molar refractivity (Wildman–Crippen MR) is 105 cm³/mol. The molecule has 2 aliphatic rings. The zero-order valence-corrected chi connectivity index (χ0v) is 16.7. The Balaban J connectivity index is 1.53. The van der Waals surface area contributed by atoms with Gasteiger partial charge in [-0.3, -0.25) is 14.7 Å². The van der Waals surface area contributed by atoms with Crippen molar-refractivity contribution in [2.45, 2.75) is 39.0 Å². The molecule has 148 valence electrons. The quantitative estimate of drug-likeness (QED) is 0.876. The number of H-pyrrole nitrogens is 1. The Morgan fingerprint density at radius 2 is 1.89 bits per heavy atom. The number of rotatable bonds is 3. The van der Waals surface area contributed by atoms with Crippen LogP contribution in [0.5, 0.6) is 0 Å². The Bertz CT molecular complexity index is 890. The largest absolute Gasteiger partial charge is 0.342 e. The molecule has 0 unspecified atom stereocenters. The maximum absolute atomic E-state index is 12.9. The fourth-order valence-electron chi connectivity index (χ4n) is 4.57. The van der Waals surface area contributed by atoms with Gasteiger partial charge in [-0.15, -0.1) is 0 Å². The molecular formula is C21H27N5O2. The number of benzene rings is 1. The predicted octanol–water partition coefficient (Wildman–Crippen LogP) is 1.61. The lowest BCUT2D eigenvalue weighted by Crippen LogP contribution is -2.52. The van der Waals surface area contributed by atoms with Crippen LogP contribution in [0, 0.1) is 19.8 Å². The van der Waals surface area contributed by atoms with Crippen LogP contribution < -0.4 is 0 Å². The lowest BCUT2D eigenvalue weighted by molar-refractivity contribution is -0.133. The molecule has 0 saturated carbocycles. The van der Waals surface area contributed by atoms with E-state index in [1.54, 1.807) is 6.92 Å². The van der Waals surface area contributed by atoms with E-state index in [0.29, 0.717) is 32.6 Å². The van der Waals surface area contributed by atoms with E-state index >= 15 is 0 Å². The molecule has 0 bridgehead atoms. The zero-order chi connectivity index (χ0) is 19.9. The summed E-state index contributed by atoms with van der Waals surface area (Å²) in [6.45, 7) is 8.13. The molecule has 2 fully saturated rings. The van der Waals surface area contributed by atoms with E-state index in [1.165, 1.54) is 5.56 Å². The number of likely N-dealkylation sites (tertiary alicyclic amines) is 2. The molecular weight excluding hydrogens is 354 g/mol. The fourth-order valence-corrected chi connectivity index (χ4v) is 4.57. The smallest absolute Gasteiger partial charge is 0.227 e. The minimum absolute atomic E-state index is 0.0681. The van der Waals surface area contributed by atoms with E-state index < -0.39 is 0 Å². The number of nitrogens with one attached hydrogen (secondary N) is 1. The van der Waals surface area contributed by atoms with E-state index in [9.17, 15) is 9.59 Å². The second kappa shape index (κ2) is 7.04. The molecule has 2 aromatic rings. The van der Waals surface area contributed by atoms with Gasteiger partial charge >= 0.3 is 0 Å². The molecule has 2 amide bonds. The Morgan fingerprint density at radius 1 is 1.18 bits per heavy atom. The second-order valence-electron chi connectivity index (χ2n) is 8.25. The van der Waals surface area contributed by atoms with Crippen LogP contribution >= 0.6 is 0 Å². The van der Waals surface area contributed by atoms with Crippen LogP contribution in [0.1, 0.15) is 36.1 Å². The molecule has 3 heterocycles. The average molecular weight is 381 g/mol. The number of aromatic nitrogens is 3. The first kappa shape index (κ1) is 18.7. The van der Waals surface area contributed by atoms with Crippen molar-refractivity contribution in [3.05, 3.63) is 47.0 Å². The van der Waals surface area contributed by atoms with Gasteiger partial charge < -0.3 is 9.80 Å². The van der Waals surface area contributed by atoms with Crippen molar-refractivity contribution in [2.75, 3.05) is 26.2 Å². The lowest BCUT2D eigenvalue weighted by atomic mass is 9.72. The number of hydrogen-bond acceptors (Lipinski definition) is 4. The van der Waals surface area contributed by atoms with Crippen molar-refractivity contribution in [3.8, 4) is 0 Å². The van der Waals surface area contributed by atoms with Gasteiger partial charge in [-0.05, 0) is 25.8 Å². The van der Waals surface area contributed by atoms with Crippen LogP contribution in [0.3, 0.4) is 0 Å². The Morgan fingerprint density at radius 3 is 2.54 bits per heavy atom. The first-order valence-electron chi connectivity index (χ1n) is 9.86. The van der Waals surface area contributed by atoms with Crippen LogP contribution in [0.4, 0.5) is 0 Å². The van der Waals surface area contributed by atoms with Gasteiger partial charge in [0.25, 0.3) is 0 Å². The number of aromatic amines is 1. The standard InChI is InChI=1S/C21H27N5O2/c1-14-4-6-17(7-5-14)10-19(28)25-9-8-21(20-22-15(2)23-24-20)13-26(16(3)27)12-18(21)11-25/h4-7,18H,8-13H2,1-3H3,(H,22,23,24)/t18-,21-/m1/s1. The zero-order valence-electron chi connectivity index (χ0n) is 16.7. The van der Waals surface area contributed by atoms with Gasteiger partial charge in [0, 0.05) is 39.0 Å². The summed E-state index contributed by atoms with van der Waals surface area (Å²) < 4.78 is 0. The van der Waals surface area contributed by atoms with Crippen molar-refractivity contribution < 1.29 is 9.59 Å². The number of carbonyl (C=O) groups excluding carboxylic acids is 2. The lowest BCUT2D eigenvalue weighted by Gasteiger charge is -2.41. The maximum atomic E-state index is 12.9. The first-order valence-corrected chi connectivity index (χ1v) is 9.86. The number of aryl methyl sites for hydroxylation is 2. The topological polar surface area (TPSA) is 82.2 Å². The monoisotopic (exact) mass is 381 g/mol. The number of fused-ring (bicyclic) bond motifs is 1. The fraction of sp³-hybridized carbons (Fsp3) is 0.524. The van der Waals surface area contributed by atoms with Crippen LogP contribution in [0.2, 0.25) is 0 Å². The maximum Gasteiger partial charge on any atom is 0.227 e. The number of piperidine rings is 1. The van der Waals surface area contributed by atoms with E-state index in [0.717, 1.165) is 23.6 Å². The number of carbonyl (C=O) groups is 2. The summed E-state index contributed by atoms with van der Waals surface area (Å²) in [4.78, 5) is 33.4. The Labute approximate surface area is 165 Å². The molecule has 7 heteroatoms. The average Bonchev–Trinajstić information content (AvgIpc) is 3.27. The molecule has 1 aromatic heterocycles. The molecule has 2 saturated heterocycles. The van der Waals surface area contributed by atoms with Gasteiger partial charge in [0.05, 0.1) is 11.8 Å². The van der Waals surface area contributed by atoms with Crippen molar-refractivity contribution in [3.63, 3.8) is 0 Å². The molecule has 28 heavy (non-hydrogen) atoms. The van der Waals surface area contributed by atoms with Crippen LogP contribution in [-0.2, 0) is 21.4 Å². The summed E-state index contributed by atoms with van der Waals surface area (Å²) in [5, 5.41) is 7.38. The van der Waals surface area contributed by atoms with Crippen LogP contribution in [0.15, 0.2) is 24.3 Å². The van der Waals surface area contributed by atoms with Crippen molar-refractivity contribution in [2.24, 2.45) is 5.92 Å². The van der Waals surface area contributed by atoms with Gasteiger partial charge in [0.1, 0.15) is 5.82 Å². The Kier molecular flexibility index (Phi) is 4.69. The third-order valence-corrected chi connectivity index (χ3v) is 6.28. The number of amides is 2. The van der Waals surface area contributed by atoms with Crippen molar-refractivity contribution in [1.29, 1.82) is 0 Å². The van der Waals surface area contributed by atoms with Gasteiger partial charge in [0.15, 0.2) is 5.82 Å². The summed E-state index contributed by atoms with van der Waals surface area (Å²) in [5.74, 6) is 1.93. The molecule has 0 spiro atoms. The van der Waals surface area contributed by atoms with Gasteiger partial charge in [-0.1, -0.05) is 29.8 Å². The molecule has 2 aliphatic heterocycles. The summed E-state index contributed by atoms with van der Waals surface area (Å²) in [6.07, 6.45) is 1.19. The summed E-state index contributed by atoms with van der Waals surface area (Å²) in [5.41, 5.74) is 1.96. The first-order chi connectivity index (χ1) is 13.4. The van der Waals surface area contributed by atoms with E-state index in [-0.39, 0.29) is 23.1 Å². The summed E-state index contributed by atoms with van der Waals surface area (Å²) >= 11 is 0. The van der Waals surface area contributed by atoms with Crippen LogP contribution in [0.25, 0.3) is 0 Å². The summed E-state index contributed by atoms with van der Waals surface area (Å²) in [7, 11) is 0. The minimum Gasteiger partial charge on any atom is -0.342 e. The van der Waals surface area contributed by atoms with Crippen molar-refractivity contribution >= 4 is 11.8 Å². The van der Waals surface area contributed by atoms with Gasteiger partial charge in [-0.2, -0.15) is 5.10 Å². The second-order valence-corrected chi connectivity index (χ2v) is 8.25. The highest BCUT2D eigenvalue weighted by Gasteiger charge is 2.54. The molecule has 1 aromatic carbocycles. The van der Waals surface area contributed by atoms with E-state index in [1.807, 2.05) is 47.9 Å². The molecule has 7 nitrogen and oxygen atoms in total. The third-order valence-electron chi connectivity index (χ3n) is 6.28. The van der Waals surface area contributed by atoms with Gasteiger partial charge in [-0.25, -0.2) is 4.98 Å². The molecule has 0 radical (unpaired) electrons. The highest BCUT2D eigenvalue weighted by Crippen LogP contribution is 2.44. The molecule has 2 atom stereocenters. The summed E-state index contributed by atoms with van der Waals surface area (Å²) in [6, 6.07) is 8.12. The van der Waals surface area contributed by atoms with Gasteiger partial charge in [0.2, 0.25) is 11.8 Å². The minimum atomic E-state index is -0.267. The molecule has 4 rings (SSSR count). The van der Waals surface area contributed by atoms with E-state index in [2.05, 4.69) is 15.2 Å². The van der Waals surface area contributed by atoms with Crippen LogP contribution in [-0.4, -0.2) is 63.0 Å². The molecule has 0 aliphatic carbocycles. The number of nitrogens with zero attached hydrogens (tertiary/aromatic N) is 4. The normalized spacial score (nSPS) is 24.3. The van der Waals surface area contributed by atoms with E-state index in [4.69, 9.17) is 0 Å². The third kappa shape index (κ3) is 3.30. The highest BCUT2D eigenvalue weighted by molar-refractivity contribution is 5.79. The molecule has 1 N–H and O–H groups in total. The van der Waals surface area contributed by atoms with Crippen molar-refractivity contribution in [1.82, 2.24) is 25.0 Å². The Hall–Kier alpha value is -2.70. The highest BCUT2D eigenvalue weighted by atomic mass is 16.2. The number of hydrogen-bond donors (Lipinski definition) is 1.